The van der Waals surface area contributed by atoms with E-state index in [1.54, 1.807) is 6.07 Å². The third-order valence-corrected chi connectivity index (χ3v) is 3.93. The lowest BCUT2D eigenvalue weighted by molar-refractivity contribution is 0.599. The van der Waals surface area contributed by atoms with Gasteiger partial charge in [-0.15, -0.1) is 10.2 Å². The molecule has 6 heteroatoms. The minimum atomic E-state index is 0.438. The number of rotatable bonds is 5. The molecule has 3 rings (SSSR count). The largest absolute Gasteiger partial charge is 0.370 e. The summed E-state index contributed by atoms with van der Waals surface area (Å²) >= 11 is 0. The molecule has 0 amide bonds. The van der Waals surface area contributed by atoms with E-state index in [-0.39, 0.29) is 0 Å². The number of aryl methyl sites for hydroxylation is 2. The predicted octanol–water partition coefficient (Wildman–Crippen LogP) is 2.32. The number of aromatic nitrogens is 4. The third kappa shape index (κ3) is 3.42. The molecular formula is C16H20N6. The smallest absolute Gasteiger partial charge is 0.142 e. The van der Waals surface area contributed by atoms with E-state index >= 15 is 0 Å². The van der Waals surface area contributed by atoms with Crippen LogP contribution >= 0.6 is 0 Å². The van der Waals surface area contributed by atoms with Crippen molar-refractivity contribution in [3.05, 3.63) is 35.5 Å². The van der Waals surface area contributed by atoms with Crippen molar-refractivity contribution in [1.82, 2.24) is 19.7 Å². The Morgan fingerprint density at radius 3 is 3.09 bits per heavy atom. The summed E-state index contributed by atoms with van der Waals surface area (Å²) in [5, 5.41) is 20.7. The first-order valence-electron chi connectivity index (χ1n) is 7.89. The Kier molecular flexibility index (Phi) is 4.64. The number of nitriles is 1. The van der Waals surface area contributed by atoms with Gasteiger partial charge in [0.25, 0.3) is 0 Å². The summed E-state index contributed by atoms with van der Waals surface area (Å²) in [4.78, 5) is 4.20. The number of nitrogens with one attached hydrogen (secondary N) is 1. The van der Waals surface area contributed by atoms with Gasteiger partial charge in [-0.1, -0.05) is 12.5 Å². The fourth-order valence-corrected chi connectivity index (χ4v) is 2.79. The van der Waals surface area contributed by atoms with E-state index in [4.69, 9.17) is 5.26 Å². The van der Waals surface area contributed by atoms with Gasteiger partial charge in [-0.2, -0.15) is 5.26 Å². The monoisotopic (exact) mass is 296 g/mol. The number of pyridine rings is 1. The second-order valence-corrected chi connectivity index (χ2v) is 5.54. The van der Waals surface area contributed by atoms with Crippen LogP contribution in [0.4, 0.5) is 5.82 Å². The maximum absolute atomic E-state index is 8.84. The van der Waals surface area contributed by atoms with Gasteiger partial charge >= 0.3 is 0 Å². The third-order valence-electron chi connectivity index (χ3n) is 3.93. The van der Waals surface area contributed by atoms with Gasteiger partial charge in [-0.3, -0.25) is 0 Å². The van der Waals surface area contributed by atoms with Crippen LogP contribution in [0, 0.1) is 11.3 Å². The van der Waals surface area contributed by atoms with Crippen LogP contribution in [0.5, 0.6) is 0 Å². The molecule has 2 aromatic heterocycles. The SMILES string of the molecule is N#Cc1cccc(NCCCc2nnc3n2CCCCC3)n1. The zero-order chi connectivity index (χ0) is 15.2. The fourth-order valence-electron chi connectivity index (χ4n) is 2.79. The van der Waals surface area contributed by atoms with E-state index < -0.39 is 0 Å². The van der Waals surface area contributed by atoms with Crippen molar-refractivity contribution in [2.45, 2.75) is 45.1 Å². The lowest BCUT2D eigenvalue weighted by Gasteiger charge is -2.08. The van der Waals surface area contributed by atoms with Crippen molar-refractivity contribution in [2.75, 3.05) is 11.9 Å². The summed E-state index contributed by atoms with van der Waals surface area (Å²) in [6.45, 7) is 1.86. The van der Waals surface area contributed by atoms with E-state index in [1.807, 2.05) is 18.2 Å². The molecule has 3 heterocycles. The van der Waals surface area contributed by atoms with Crippen LogP contribution in [0.2, 0.25) is 0 Å². The molecule has 0 aromatic carbocycles. The maximum Gasteiger partial charge on any atom is 0.142 e. The molecule has 0 saturated heterocycles. The van der Waals surface area contributed by atoms with Gasteiger partial charge in [0.15, 0.2) is 0 Å². The molecule has 0 bridgehead atoms. The van der Waals surface area contributed by atoms with Gasteiger partial charge in [-0.05, 0) is 31.4 Å². The highest BCUT2D eigenvalue weighted by Gasteiger charge is 2.13. The zero-order valence-corrected chi connectivity index (χ0v) is 12.6. The zero-order valence-electron chi connectivity index (χ0n) is 12.6. The number of nitrogens with zero attached hydrogens (tertiary/aromatic N) is 5. The summed E-state index contributed by atoms with van der Waals surface area (Å²) in [5.41, 5.74) is 0.438. The first-order valence-corrected chi connectivity index (χ1v) is 7.89. The first kappa shape index (κ1) is 14.5. The second kappa shape index (κ2) is 7.03. The van der Waals surface area contributed by atoms with E-state index in [2.05, 4.69) is 25.1 Å². The molecular weight excluding hydrogens is 276 g/mol. The Morgan fingerprint density at radius 1 is 1.23 bits per heavy atom. The Hall–Kier alpha value is -2.42. The highest BCUT2D eigenvalue weighted by molar-refractivity contribution is 5.38. The molecule has 0 unspecified atom stereocenters. The number of fused-ring (bicyclic) bond motifs is 1. The van der Waals surface area contributed by atoms with Gasteiger partial charge in [-0.25, -0.2) is 4.98 Å². The van der Waals surface area contributed by atoms with Crippen LogP contribution in [-0.4, -0.2) is 26.3 Å². The van der Waals surface area contributed by atoms with Crippen molar-refractivity contribution in [3.63, 3.8) is 0 Å². The normalized spacial score (nSPS) is 14.0. The standard InChI is InChI=1S/C16H20N6/c17-12-13-6-4-7-14(19-13)18-10-5-9-16-21-20-15-8-2-1-3-11-22(15)16/h4,6-7H,1-3,5,8-11H2,(H,18,19). The van der Waals surface area contributed by atoms with E-state index in [0.717, 1.165) is 49.8 Å². The molecule has 2 aromatic rings. The lowest BCUT2D eigenvalue weighted by atomic mass is 10.2. The molecule has 0 radical (unpaired) electrons. The van der Waals surface area contributed by atoms with E-state index in [1.165, 1.54) is 19.3 Å². The average Bonchev–Trinajstić information content (AvgIpc) is 2.79. The minimum absolute atomic E-state index is 0.438. The molecule has 114 valence electrons. The van der Waals surface area contributed by atoms with Crippen molar-refractivity contribution in [1.29, 1.82) is 5.26 Å². The van der Waals surface area contributed by atoms with Crippen LogP contribution in [-0.2, 0) is 19.4 Å². The molecule has 1 aliphatic heterocycles. The average molecular weight is 296 g/mol. The second-order valence-electron chi connectivity index (χ2n) is 5.54. The van der Waals surface area contributed by atoms with Gasteiger partial charge in [0.05, 0.1) is 0 Å². The van der Waals surface area contributed by atoms with Crippen molar-refractivity contribution < 1.29 is 0 Å². The van der Waals surface area contributed by atoms with Crippen molar-refractivity contribution >= 4 is 5.82 Å². The molecule has 1 N–H and O–H groups in total. The Balaban J connectivity index is 1.51. The molecule has 1 aliphatic rings. The van der Waals surface area contributed by atoms with Gasteiger partial charge in [0.1, 0.15) is 29.2 Å². The topological polar surface area (TPSA) is 79.4 Å². The van der Waals surface area contributed by atoms with E-state index in [0.29, 0.717) is 5.69 Å². The maximum atomic E-state index is 8.84. The van der Waals surface area contributed by atoms with Gasteiger partial charge in [0.2, 0.25) is 0 Å². The quantitative estimate of drug-likeness (QED) is 0.856. The summed E-state index contributed by atoms with van der Waals surface area (Å²) in [7, 11) is 0. The molecule has 0 spiro atoms. The fraction of sp³-hybridized carbons (Fsp3) is 0.500. The minimum Gasteiger partial charge on any atom is -0.370 e. The Morgan fingerprint density at radius 2 is 2.18 bits per heavy atom. The summed E-state index contributed by atoms with van der Waals surface area (Å²) < 4.78 is 2.29. The highest BCUT2D eigenvalue weighted by atomic mass is 15.3. The Labute approximate surface area is 130 Å². The Bertz CT molecular complexity index is 670. The molecule has 0 aliphatic carbocycles. The molecule has 0 fully saturated rings. The molecule has 6 nitrogen and oxygen atoms in total. The number of anilines is 1. The highest BCUT2D eigenvalue weighted by Crippen LogP contribution is 2.15. The van der Waals surface area contributed by atoms with Crippen molar-refractivity contribution in [2.24, 2.45) is 0 Å². The van der Waals surface area contributed by atoms with E-state index in [9.17, 15) is 0 Å². The lowest BCUT2D eigenvalue weighted by Crippen LogP contribution is -2.09. The summed E-state index contributed by atoms with van der Waals surface area (Å²) in [6, 6.07) is 7.47. The van der Waals surface area contributed by atoms with Crippen LogP contribution in [0.3, 0.4) is 0 Å². The number of hydrogen-bond donors (Lipinski definition) is 1. The molecule has 0 saturated carbocycles. The van der Waals surface area contributed by atoms with Crippen molar-refractivity contribution in [3.8, 4) is 6.07 Å². The van der Waals surface area contributed by atoms with Crippen LogP contribution in [0.15, 0.2) is 18.2 Å². The molecule has 0 atom stereocenters. The molecule has 22 heavy (non-hydrogen) atoms. The predicted molar refractivity (Wildman–Crippen MR) is 83.3 cm³/mol. The summed E-state index contributed by atoms with van der Waals surface area (Å²) in [6.07, 6.45) is 6.66. The first-order chi connectivity index (χ1) is 10.9. The van der Waals surface area contributed by atoms with Crippen LogP contribution in [0.25, 0.3) is 0 Å². The van der Waals surface area contributed by atoms with Crippen LogP contribution < -0.4 is 5.32 Å². The van der Waals surface area contributed by atoms with Gasteiger partial charge < -0.3 is 9.88 Å². The van der Waals surface area contributed by atoms with Gasteiger partial charge in [0, 0.05) is 25.9 Å². The summed E-state index contributed by atoms with van der Waals surface area (Å²) in [5.74, 6) is 2.99. The number of hydrogen-bond acceptors (Lipinski definition) is 5. The van der Waals surface area contributed by atoms with Crippen LogP contribution in [0.1, 0.15) is 43.0 Å².